The number of nitrogens with one attached hydrogen (secondary N) is 1. The molecule has 1 atom stereocenters. The summed E-state index contributed by atoms with van der Waals surface area (Å²) < 4.78 is 5.67. The minimum Gasteiger partial charge on any atom is -0.378 e. The highest BCUT2D eigenvalue weighted by Gasteiger charge is 2.49. The Kier molecular flexibility index (Phi) is 4.86. The van der Waals surface area contributed by atoms with Crippen LogP contribution in [0.1, 0.15) is 37.7 Å². The minimum absolute atomic E-state index is 0.148. The molecule has 148 valence electrons. The molecule has 0 aromatic heterocycles. The molecule has 4 aliphatic carbocycles. The van der Waals surface area contributed by atoms with Crippen molar-refractivity contribution in [2.45, 2.75) is 50.7 Å². The van der Waals surface area contributed by atoms with Gasteiger partial charge in [0.25, 0.3) is 0 Å². The van der Waals surface area contributed by atoms with E-state index in [2.05, 4.69) is 15.1 Å². The van der Waals surface area contributed by atoms with Crippen molar-refractivity contribution >= 4 is 11.6 Å². The van der Waals surface area contributed by atoms with Gasteiger partial charge in [0.1, 0.15) is 6.04 Å². The molecule has 1 amide bonds. The van der Waals surface area contributed by atoms with Crippen LogP contribution in [0, 0.1) is 30.2 Å². The first-order valence-corrected chi connectivity index (χ1v) is 10.8. The fraction of sp³-hybridized carbons (Fsp3) is 0.652. The Hall–Kier alpha value is -1.90. The van der Waals surface area contributed by atoms with Gasteiger partial charge in [-0.05, 0) is 61.3 Å². The van der Waals surface area contributed by atoms with Crippen LogP contribution >= 0.6 is 0 Å². The number of nitrogens with zero attached hydrogens (tertiary/aromatic N) is 2. The lowest BCUT2D eigenvalue weighted by molar-refractivity contribution is -0.136. The molecule has 6 rings (SSSR count). The zero-order valence-corrected chi connectivity index (χ0v) is 16.3. The van der Waals surface area contributed by atoms with E-state index in [1.54, 1.807) is 0 Å². The van der Waals surface area contributed by atoms with Crippen molar-refractivity contribution in [1.82, 2.24) is 10.2 Å². The van der Waals surface area contributed by atoms with E-state index in [0.29, 0.717) is 36.8 Å². The normalized spacial score (nSPS) is 36.8. The lowest BCUT2D eigenvalue weighted by Crippen LogP contribution is -2.60. The van der Waals surface area contributed by atoms with Gasteiger partial charge in [0.05, 0.1) is 19.8 Å². The van der Waals surface area contributed by atoms with E-state index in [1.807, 2.05) is 24.3 Å². The molecule has 5 nitrogen and oxygen atoms in total. The Morgan fingerprint density at radius 1 is 1.11 bits per heavy atom. The predicted octanol–water partition coefficient (Wildman–Crippen LogP) is 3.38. The Morgan fingerprint density at radius 2 is 1.79 bits per heavy atom. The van der Waals surface area contributed by atoms with Crippen LogP contribution in [0.2, 0.25) is 0 Å². The van der Waals surface area contributed by atoms with Gasteiger partial charge in [-0.1, -0.05) is 24.3 Å². The lowest BCUT2D eigenvalue weighted by atomic mass is 9.54. The summed E-state index contributed by atoms with van der Waals surface area (Å²) in [5.41, 5.74) is 1.80. The van der Waals surface area contributed by atoms with E-state index in [1.165, 1.54) is 32.1 Å². The van der Waals surface area contributed by atoms with Gasteiger partial charge in [-0.25, -0.2) is 4.85 Å². The number of hydrogen-bond acceptors (Lipinski definition) is 3. The quantitative estimate of drug-likeness (QED) is 0.816. The molecule has 28 heavy (non-hydrogen) atoms. The van der Waals surface area contributed by atoms with E-state index >= 15 is 0 Å². The van der Waals surface area contributed by atoms with Crippen LogP contribution in [-0.2, 0) is 16.1 Å². The number of rotatable bonds is 4. The number of ether oxygens (including phenoxy) is 1. The number of amides is 1. The standard InChI is InChI=1S/C23H29N3O2/c1-24-20-4-2-15(3-5-20)13-26-6-7-28-14-21(26)23(27)25-22-18-9-16-8-17(11-18)12-19(22)10-16/h2-5,16-19,21-22H,6-14H2,(H,25,27). The van der Waals surface area contributed by atoms with Crippen LogP contribution in [-0.4, -0.2) is 42.6 Å². The van der Waals surface area contributed by atoms with E-state index in [0.717, 1.165) is 30.5 Å². The topological polar surface area (TPSA) is 45.9 Å². The van der Waals surface area contributed by atoms with Crippen LogP contribution < -0.4 is 5.32 Å². The van der Waals surface area contributed by atoms with E-state index in [9.17, 15) is 4.79 Å². The van der Waals surface area contributed by atoms with Gasteiger partial charge in [0.15, 0.2) is 5.69 Å². The van der Waals surface area contributed by atoms with Gasteiger partial charge in [-0.15, -0.1) is 0 Å². The van der Waals surface area contributed by atoms with Crippen molar-refractivity contribution in [2.24, 2.45) is 23.7 Å². The maximum atomic E-state index is 13.2. The number of benzene rings is 1. The molecule has 0 spiro atoms. The first-order valence-electron chi connectivity index (χ1n) is 10.8. The SMILES string of the molecule is [C-]#[N+]c1ccc(CN2CCOCC2C(=O)NC2C3CC4CC(C3)CC2C4)cc1. The van der Waals surface area contributed by atoms with Crippen molar-refractivity contribution in [1.29, 1.82) is 0 Å². The molecule has 5 fully saturated rings. The molecule has 1 saturated heterocycles. The second-order valence-corrected chi connectivity index (χ2v) is 9.30. The van der Waals surface area contributed by atoms with Crippen LogP contribution in [0.25, 0.3) is 4.85 Å². The van der Waals surface area contributed by atoms with E-state index in [-0.39, 0.29) is 11.9 Å². The third kappa shape index (κ3) is 3.44. The van der Waals surface area contributed by atoms with Crippen molar-refractivity contribution < 1.29 is 9.53 Å². The molecule has 0 radical (unpaired) electrons. The number of morpholine rings is 1. The first-order chi connectivity index (χ1) is 13.7. The summed E-state index contributed by atoms with van der Waals surface area (Å²) in [6, 6.07) is 7.86. The van der Waals surface area contributed by atoms with Gasteiger partial charge in [-0.2, -0.15) is 0 Å². The summed E-state index contributed by atoms with van der Waals surface area (Å²) in [7, 11) is 0. The lowest BCUT2D eigenvalue weighted by Gasteiger charge is -2.54. The zero-order valence-electron chi connectivity index (χ0n) is 16.3. The number of hydrogen-bond donors (Lipinski definition) is 1. The molecule has 1 aromatic rings. The van der Waals surface area contributed by atoms with Gasteiger partial charge in [0.2, 0.25) is 5.91 Å². The largest absolute Gasteiger partial charge is 0.378 e. The second kappa shape index (κ2) is 7.50. The van der Waals surface area contributed by atoms with Gasteiger partial charge in [-0.3, -0.25) is 9.69 Å². The highest BCUT2D eigenvalue weighted by atomic mass is 16.5. The van der Waals surface area contributed by atoms with Crippen molar-refractivity contribution in [3.05, 3.63) is 41.2 Å². The maximum absolute atomic E-state index is 13.2. The third-order valence-corrected chi connectivity index (χ3v) is 7.53. The van der Waals surface area contributed by atoms with Crippen LogP contribution in [0.5, 0.6) is 0 Å². The van der Waals surface area contributed by atoms with Gasteiger partial charge < -0.3 is 10.1 Å². The first kappa shape index (κ1) is 18.1. The number of carbonyl (C=O) groups excluding carboxylic acids is 1. The summed E-state index contributed by atoms with van der Waals surface area (Å²) in [6.45, 7) is 9.72. The molecular formula is C23H29N3O2. The van der Waals surface area contributed by atoms with Gasteiger partial charge in [0, 0.05) is 19.1 Å². The maximum Gasteiger partial charge on any atom is 0.239 e. The Labute approximate surface area is 167 Å². The van der Waals surface area contributed by atoms with Crippen molar-refractivity contribution in [3.8, 4) is 0 Å². The predicted molar refractivity (Wildman–Crippen MR) is 107 cm³/mol. The average Bonchev–Trinajstić information content (AvgIpc) is 2.71. The molecular weight excluding hydrogens is 350 g/mol. The Bertz CT molecular complexity index is 741. The van der Waals surface area contributed by atoms with Crippen LogP contribution in [0.3, 0.4) is 0 Å². The summed E-state index contributed by atoms with van der Waals surface area (Å²) in [4.78, 5) is 18.9. The molecule has 1 unspecified atom stereocenters. The molecule has 1 heterocycles. The van der Waals surface area contributed by atoms with Crippen molar-refractivity contribution in [3.63, 3.8) is 0 Å². The monoisotopic (exact) mass is 379 g/mol. The fourth-order valence-electron chi connectivity index (χ4n) is 6.40. The van der Waals surface area contributed by atoms with Gasteiger partial charge >= 0.3 is 0 Å². The molecule has 1 aromatic carbocycles. The summed E-state index contributed by atoms with van der Waals surface area (Å²) in [6.07, 6.45) is 6.70. The minimum atomic E-state index is -0.216. The summed E-state index contributed by atoms with van der Waals surface area (Å²) in [5.74, 6) is 3.38. The number of carbonyl (C=O) groups is 1. The van der Waals surface area contributed by atoms with Crippen LogP contribution in [0.15, 0.2) is 24.3 Å². The smallest absolute Gasteiger partial charge is 0.239 e. The average molecular weight is 380 g/mol. The zero-order chi connectivity index (χ0) is 19.1. The molecule has 1 N–H and O–H groups in total. The Morgan fingerprint density at radius 3 is 2.43 bits per heavy atom. The summed E-state index contributed by atoms with van der Waals surface area (Å²) >= 11 is 0. The highest BCUT2D eigenvalue weighted by molar-refractivity contribution is 5.82. The molecule has 4 saturated carbocycles. The molecule has 5 aliphatic rings. The fourth-order valence-corrected chi connectivity index (χ4v) is 6.40. The second-order valence-electron chi connectivity index (χ2n) is 9.30. The molecule has 4 bridgehead atoms. The van der Waals surface area contributed by atoms with Crippen molar-refractivity contribution in [2.75, 3.05) is 19.8 Å². The molecule has 1 aliphatic heterocycles. The van der Waals surface area contributed by atoms with Crippen LogP contribution in [0.4, 0.5) is 5.69 Å². The Balaban J connectivity index is 1.25. The van der Waals surface area contributed by atoms with E-state index in [4.69, 9.17) is 11.3 Å². The highest BCUT2D eigenvalue weighted by Crippen LogP contribution is 2.53. The molecule has 5 heteroatoms. The summed E-state index contributed by atoms with van der Waals surface area (Å²) in [5, 5.41) is 3.47. The van der Waals surface area contributed by atoms with E-state index < -0.39 is 0 Å². The third-order valence-electron chi connectivity index (χ3n) is 7.53.